The highest BCUT2D eigenvalue weighted by Crippen LogP contribution is 2.29. The van der Waals surface area contributed by atoms with Gasteiger partial charge < -0.3 is 16.0 Å². The SMILES string of the molecule is CC(C)(Cc1ccccc1)C(NC(=O)c1ccncc1)Nc1c(Nc2cccnc2)c(=O)c1=O. The molecule has 0 saturated heterocycles. The van der Waals surface area contributed by atoms with Gasteiger partial charge in [0.05, 0.1) is 11.9 Å². The van der Waals surface area contributed by atoms with E-state index < -0.39 is 22.4 Å². The Labute approximate surface area is 196 Å². The van der Waals surface area contributed by atoms with Gasteiger partial charge in [0, 0.05) is 29.6 Å². The summed E-state index contributed by atoms with van der Waals surface area (Å²) in [5.41, 5.74) is 0.601. The molecule has 3 N–H and O–H groups in total. The van der Waals surface area contributed by atoms with Crippen LogP contribution in [-0.4, -0.2) is 22.0 Å². The van der Waals surface area contributed by atoms with Crippen molar-refractivity contribution in [1.29, 1.82) is 0 Å². The summed E-state index contributed by atoms with van der Waals surface area (Å²) < 4.78 is 0. The van der Waals surface area contributed by atoms with Crippen molar-refractivity contribution in [2.24, 2.45) is 5.41 Å². The van der Waals surface area contributed by atoms with E-state index in [1.54, 1.807) is 49.1 Å². The van der Waals surface area contributed by atoms with Crippen molar-refractivity contribution >= 4 is 23.0 Å². The molecule has 0 saturated carbocycles. The average molecular weight is 456 g/mol. The Bertz CT molecular complexity index is 1330. The first-order chi connectivity index (χ1) is 16.3. The van der Waals surface area contributed by atoms with Gasteiger partial charge in [-0.2, -0.15) is 0 Å². The van der Waals surface area contributed by atoms with Crippen LogP contribution in [-0.2, 0) is 6.42 Å². The van der Waals surface area contributed by atoms with Gasteiger partial charge in [0.15, 0.2) is 0 Å². The summed E-state index contributed by atoms with van der Waals surface area (Å²) in [7, 11) is 0. The third-order valence-corrected chi connectivity index (χ3v) is 5.63. The summed E-state index contributed by atoms with van der Waals surface area (Å²) in [6.07, 6.45) is 6.21. The van der Waals surface area contributed by atoms with Crippen molar-refractivity contribution in [1.82, 2.24) is 15.3 Å². The van der Waals surface area contributed by atoms with E-state index >= 15 is 0 Å². The molecule has 1 amide bonds. The number of carbonyl (C=O) groups is 1. The molecule has 34 heavy (non-hydrogen) atoms. The number of benzene rings is 1. The molecule has 2 aromatic carbocycles. The molecule has 1 atom stereocenters. The number of carbonyl (C=O) groups excluding carboxylic acids is 1. The van der Waals surface area contributed by atoms with E-state index in [0.29, 0.717) is 17.7 Å². The second kappa shape index (κ2) is 9.66. The highest BCUT2D eigenvalue weighted by atomic mass is 16.2. The van der Waals surface area contributed by atoms with E-state index in [9.17, 15) is 14.4 Å². The lowest BCUT2D eigenvalue weighted by Crippen LogP contribution is -2.53. The summed E-state index contributed by atoms with van der Waals surface area (Å²) in [4.78, 5) is 45.8. The molecule has 172 valence electrons. The fourth-order valence-electron chi connectivity index (χ4n) is 3.74. The smallest absolute Gasteiger partial charge is 0.253 e. The van der Waals surface area contributed by atoms with E-state index in [4.69, 9.17) is 0 Å². The van der Waals surface area contributed by atoms with Crippen LogP contribution in [0.5, 0.6) is 0 Å². The number of pyridine rings is 2. The number of hydrogen-bond acceptors (Lipinski definition) is 7. The largest absolute Gasteiger partial charge is 0.360 e. The summed E-state index contributed by atoms with van der Waals surface area (Å²) in [5.74, 6) is -0.318. The predicted molar refractivity (Wildman–Crippen MR) is 132 cm³/mol. The molecular formula is C26H25N5O3. The van der Waals surface area contributed by atoms with Gasteiger partial charge in [-0.05, 0) is 36.2 Å². The monoisotopic (exact) mass is 455 g/mol. The molecule has 0 bridgehead atoms. The van der Waals surface area contributed by atoms with Crippen LogP contribution < -0.4 is 26.8 Å². The van der Waals surface area contributed by atoms with Crippen molar-refractivity contribution < 1.29 is 4.79 Å². The maximum absolute atomic E-state index is 13.0. The van der Waals surface area contributed by atoms with E-state index in [-0.39, 0.29) is 17.3 Å². The maximum atomic E-state index is 13.0. The maximum Gasteiger partial charge on any atom is 0.253 e. The fourth-order valence-corrected chi connectivity index (χ4v) is 3.74. The lowest BCUT2D eigenvalue weighted by Gasteiger charge is -2.37. The Hall–Kier alpha value is -4.33. The minimum atomic E-state index is -0.661. The lowest BCUT2D eigenvalue weighted by atomic mass is 9.82. The van der Waals surface area contributed by atoms with Crippen LogP contribution in [0.1, 0.15) is 29.8 Å². The molecular weight excluding hydrogens is 430 g/mol. The molecule has 2 aromatic heterocycles. The number of rotatable bonds is 9. The number of nitrogens with zero attached hydrogens (tertiary/aromatic N) is 2. The quantitative estimate of drug-likeness (QED) is 0.262. The molecule has 0 aliphatic carbocycles. The number of aromatic nitrogens is 2. The van der Waals surface area contributed by atoms with Crippen LogP contribution in [0.3, 0.4) is 0 Å². The van der Waals surface area contributed by atoms with Crippen molar-refractivity contribution in [2.45, 2.75) is 26.4 Å². The van der Waals surface area contributed by atoms with Crippen LogP contribution in [0.15, 0.2) is 89.0 Å². The molecule has 4 rings (SSSR count). The molecule has 0 fully saturated rings. The molecule has 2 heterocycles. The molecule has 0 radical (unpaired) electrons. The summed E-state index contributed by atoms with van der Waals surface area (Å²) in [5, 5.41) is 9.10. The topological polar surface area (TPSA) is 113 Å². The van der Waals surface area contributed by atoms with Crippen molar-refractivity contribution in [3.8, 4) is 0 Å². The first-order valence-electron chi connectivity index (χ1n) is 10.9. The van der Waals surface area contributed by atoms with Crippen molar-refractivity contribution in [3.63, 3.8) is 0 Å². The summed E-state index contributed by atoms with van der Waals surface area (Å²) >= 11 is 0. The molecule has 0 spiro atoms. The Balaban J connectivity index is 1.63. The first kappa shape index (κ1) is 22.8. The van der Waals surface area contributed by atoms with E-state index in [1.807, 2.05) is 44.2 Å². The second-order valence-electron chi connectivity index (χ2n) is 8.71. The molecule has 0 aliphatic heterocycles. The third kappa shape index (κ3) is 5.01. The van der Waals surface area contributed by atoms with Crippen molar-refractivity contribution in [2.75, 3.05) is 10.6 Å². The molecule has 1 unspecified atom stereocenters. The molecule has 4 aromatic rings. The minimum Gasteiger partial charge on any atom is -0.360 e. The second-order valence-corrected chi connectivity index (χ2v) is 8.71. The zero-order valence-electron chi connectivity index (χ0n) is 18.9. The Morgan fingerprint density at radius 3 is 2.26 bits per heavy atom. The normalized spacial score (nSPS) is 12.2. The molecule has 0 aliphatic rings. The fraction of sp³-hybridized carbons (Fsp3) is 0.192. The summed E-state index contributed by atoms with van der Waals surface area (Å²) in [6, 6.07) is 16.6. The zero-order valence-corrected chi connectivity index (χ0v) is 18.9. The number of amides is 1. The average Bonchev–Trinajstić information content (AvgIpc) is 2.86. The van der Waals surface area contributed by atoms with Gasteiger partial charge in [0.25, 0.3) is 16.8 Å². The standard InChI is InChI=1S/C26H25N5O3/c1-26(2,15-17-7-4-3-5-8-17)25(31-24(34)18-10-13-27-14-11-18)30-21-20(22(32)23(21)33)29-19-9-6-12-28-16-19/h3-14,16,25,29-30H,15H2,1-2H3,(H,31,34). The lowest BCUT2D eigenvalue weighted by molar-refractivity contribution is 0.0906. The van der Waals surface area contributed by atoms with Crippen LogP contribution in [0.2, 0.25) is 0 Å². The number of nitrogens with one attached hydrogen (secondary N) is 3. The molecule has 8 nitrogen and oxygen atoms in total. The Morgan fingerprint density at radius 1 is 0.882 bits per heavy atom. The highest BCUT2D eigenvalue weighted by Gasteiger charge is 2.34. The van der Waals surface area contributed by atoms with Crippen molar-refractivity contribution in [3.05, 3.63) is 111 Å². The first-order valence-corrected chi connectivity index (χ1v) is 10.9. The van der Waals surface area contributed by atoms with Crippen LogP contribution in [0.25, 0.3) is 0 Å². The zero-order chi connectivity index (χ0) is 24.1. The number of anilines is 3. The third-order valence-electron chi connectivity index (χ3n) is 5.63. The van der Waals surface area contributed by atoms with E-state index in [1.165, 1.54) is 0 Å². The van der Waals surface area contributed by atoms with E-state index in [0.717, 1.165) is 5.56 Å². The van der Waals surface area contributed by atoms with Gasteiger partial charge in [-0.1, -0.05) is 44.2 Å². The Kier molecular flexibility index (Phi) is 6.49. The van der Waals surface area contributed by atoms with Crippen LogP contribution >= 0.6 is 0 Å². The summed E-state index contributed by atoms with van der Waals surface area (Å²) in [6.45, 7) is 3.98. The van der Waals surface area contributed by atoms with E-state index in [2.05, 4.69) is 25.9 Å². The Morgan fingerprint density at radius 2 is 1.59 bits per heavy atom. The minimum absolute atomic E-state index is 0.134. The van der Waals surface area contributed by atoms with Gasteiger partial charge in [0.2, 0.25) is 0 Å². The van der Waals surface area contributed by atoms with Gasteiger partial charge in [-0.3, -0.25) is 24.4 Å². The van der Waals surface area contributed by atoms with Gasteiger partial charge in [-0.25, -0.2) is 0 Å². The van der Waals surface area contributed by atoms with Crippen LogP contribution in [0, 0.1) is 5.41 Å². The number of hydrogen-bond donors (Lipinski definition) is 3. The highest BCUT2D eigenvalue weighted by molar-refractivity contribution is 5.94. The van der Waals surface area contributed by atoms with Gasteiger partial charge >= 0.3 is 0 Å². The van der Waals surface area contributed by atoms with Gasteiger partial charge in [0.1, 0.15) is 17.5 Å². The molecule has 8 heteroatoms. The van der Waals surface area contributed by atoms with Gasteiger partial charge in [-0.15, -0.1) is 0 Å². The van der Waals surface area contributed by atoms with Crippen LogP contribution in [0.4, 0.5) is 17.1 Å². The predicted octanol–water partition coefficient (Wildman–Crippen LogP) is 3.25.